The summed E-state index contributed by atoms with van der Waals surface area (Å²) in [7, 11) is -2.06. The molecule has 0 radical (unpaired) electrons. The summed E-state index contributed by atoms with van der Waals surface area (Å²) in [6.45, 7) is 0.523. The van der Waals surface area contributed by atoms with E-state index in [1.54, 1.807) is 12.1 Å². The summed E-state index contributed by atoms with van der Waals surface area (Å²) in [5.74, 6) is 0. The van der Waals surface area contributed by atoms with Crippen LogP contribution in [0.2, 0.25) is 5.02 Å². The molecule has 2 N–H and O–H groups in total. The number of hydrogen-bond acceptors (Lipinski definition) is 4. The lowest BCUT2D eigenvalue weighted by Gasteiger charge is -2.17. The fourth-order valence-electron chi connectivity index (χ4n) is 1.79. The third kappa shape index (κ3) is 3.67. The molecule has 0 bridgehead atoms. The number of rotatable bonds is 5. The molecule has 0 spiro atoms. The van der Waals surface area contributed by atoms with Crippen molar-refractivity contribution in [2.24, 2.45) is 5.73 Å². The molecule has 0 unspecified atom stereocenters. The van der Waals surface area contributed by atoms with Crippen LogP contribution in [0.4, 0.5) is 0 Å². The van der Waals surface area contributed by atoms with E-state index in [4.69, 9.17) is 17.3 Å². The van der Waals surface area contributed by atoms with Crippen molar-refractivity contribution >= 4 is 48.9 Å². The summed E-state index contributed by atoms with van der Waals surface area (Å²) in [6.07, 6.45) is 0. The summed E-state index contributed by atoms with van der Waals surface area (Å²) in [5, 5.41) is 0.548. The highest BCUT2D eigenvalue weighted by Crippen LogP contribution is 2.33. The van der Waals surface area contributed by atoms with Crippen LogP contribution in [0.25, 0.3) is 0 Å². The molecule has 8 heteroatoms. The van der Waals surface area contributed by atoms with Crippen molar-refractivity contribution in [3.8, 4) is 0 Å². The van der Waals surface area contributed by atoms with Crippen LogP contribution in [0, 0.1) is 0 Å². The first-order chi connectivity index (χ1) is 9.86. The number of thiophene rings is 1. The molecule has 1 aromatic carbocycles. The second kappa shape index (κ2) is 6.76. The maximum atomic E-state index is 12.6. The predicted molar refractivity (Wildman–Crippen MR) is 90.0 cm³/mol. The van der Waals surface area contributed by atoms with Crippen molar-refractivity contribution in [2.75, 3.05) is 7.05 Å². The molecule has 2 aromatic rings. The van der Waals surface area contributed by atoms with Gasteiger partial charge in [0.05, 0.1) is 3.79 Å². The highest BCUT2D eigenvalue weighted by molar-refractivity contribution is 9.11. The predicted octanol–water partition coefficient (Wildman–Crippen LogP) is 3.44. The van der Waals surface area contributed by atoms with Gasteiger partial charge in [0.2, 0.25) is 10.0 Å². The third-order valence-electron chi connectivity index (χ3n) is 2.95. The van der Waals surface area contributed by atoms with Crippen molar-refractivity contribution in [3.63, 3.8) is 0 Å². The molecular weight excluding hydrogens is 396 g/mol. The second-order valence-electron chi connectivity index (χ2n) is 4.41. The van der Waals surface area contributed by atoms with E-state index >= 15 is 0 Å². The van der Waals surface area contributed by atoms with E-state index < -0.39 is 10.0 Å². The van der Waals surface area contributed by atoms with Crippen molar-refractivity contribution < 1.29 is 8.42 Å². The van der Waals surface area contributed by atoms with Crippen molar-refractivity contribution in [1.82, 2.24) is 4.31 Å². The van der Waals surface area contributed by atoms with E-state index in [2.05, 4.69) is 15.9 Å². The Labute approximate surface area is 141 Å². The lowest BCUT2D eigenvalue weighted by molar-refractivity contribution is 0.466. The van der Waals surface area contributed by atoms with Gasteiger partial charge in [-0.15, -0.1) is 11.3 Å². The monoisotopic (exact) mass is 408 g/mol. The highest BCUT2D eigenvalue weighted by atomic mass is 79.9. The summed E-state index contributed by atoms with van der Waals surface area (Å²) in [4.78, 5) is 1.05. The van der Waals surface area contributed by atoms with Crippen molar-refractivity contribution in [1.29, 1.82) is 0 Å². The van der Waals surface area contributed by atoms with Crippen LogP contribution >= 0.6 is 38.9 Å². The van der Waals surface area contributed by atoms with E-state index in [1.165, 1.54) is 22.7 Å². The van der Waals surface area contributed by atoms with Gasteiger partial charge in [-0.2, -0.15) is 4.31 Å². The van der Waals surface area contributed by atoms with E-state index in [1.807, 2.05) is 18.2 Å². The topological polar surface area (TPSA) is 63.4 Å². The highest BCUT2D eigenvalue weighted by Gasteiger charge is 2.26. The summed E-state index contributed by atoms with van der Waals surface area (Å²) >= 11 is 10.7. The quantitative estimate of drug-likeness (QED) is 0.822. The molecule has 114 valence electrons. The Balaban J connectivity index is 2.30. The molecule has 0 atom stereocenters. The molecule has 2 rings (SSSR count). The van der Waals surface area contributed by atoms with E-state index in [9.17, 15) is 8.42 Å². The minimum atomic E-state index is -3.59. The molecule has 0 saturated heterocycles. The average Bonchev–Trinajstić information content (AvgIpc) is 2.83. The Bertz CT molecular complexity index is 746. The van der Waals surface area contributed by atoms with Gasteiger partial charge < -0.3 is 5.73 Å². The fraction of sp³-hybridized carbons (Fsp3) is 0.231. The normalized spacial score (nSPS) is 12.0. The average molecular weight is 410 g/mol. The van der Waals surface area contributed by atoms with Crippen LogP contribution < -0.4 is 5.73 Å². The maximum absolute atomic E-state index is 12.6. The lowest BCUT2D eigenvalue weighted by Crippen LogP contribution is -2.26. The van der Waals surface area contributed by atoms with Gasteiger partial charge in [0.15, 0.2) is 0 Å². The largest absolute Gasteiger partial charge is 0.326 e. The molecule has 21 heavy (non-hydrogen) atoms. The summed E-state index contributed by atoms with van der Waals surface area (Å²) in [5.41, 5.74) is 6.32. The Morgan fingerprint density at radius 1 is 1.38 bits per heavy atom. The number of benzene rings is 1. The Morgan fingerprint density at radius 3 is 2.62 bits per heavy atom. The lowest BCUT2D eigenvalue weighted by atomic mass is 10.2. The molecule has 0 fully saturated rings. The first kappa shape index (κ1) is 16.9. The summed E-state index contributed by atoms with van der Waals surface area (Å²) < 4.78 is 27.1. The van der Waals surface area contributed by atoms with Crippen LogP contribution in [-0.2, 0) is 23.1 Å². The standard InChI is InChI=1S/C13H14BrClN2O2S2/c1-17(8-9-4-2-3-5-11(9)15)21(18,19)12-6-10(7-16)20-13(12)14/h2-6H,7-8,16H2,1H3. The minimum absolute atomic E-state index is 0.211. The van der Waals surface area contributed by atoms with Gasteiger partial charge in [-0.3, -0.25) is 0 Å². The molecule has 0 saturated carbocycles. The molecular formula is C13H14BrClN2O2S2. The molecule has 0 aliphatic heterocycles. The fourth-order valence-corrected chi connectivity index (χ4v) is 5.65. The van der Waals surface area contributed by atoms with E-state index in [0.29, 0.717) is 15.4 Å². The van der Waals surface area contributed by atoms with Crippen LogP contribution in [0.1, 0.15) is 10.4 Å². The van der Waals surface area contributed by atoms with Crippen LogP contribution in [0.5, 0.6) is 0 Å². The second-order valence-corrected chi connectivity index (χ2v) is 9.28. The van der Waals surface area contributed by atoms with Crippen LogP contribution in [0.15, 0.2) is 39.0 Å². The Kier molecular flexibility index (Phi) is 5.45. The number of sulfonamides is 1. The molecule has 0 amide bonds. The molecule has 1 aromatic heterocycles. The Morgan fingerprint density at radius 2 is 2.05 bits per heavy atom. The first-order valence-electron chi connectivity index (χ1n) is 6.04. The number of nitrogens with two attached hydrogens (primary N) is 1. The molecule has 1 heterocycles. The number of halogens is 2. The van der Waals surface area contributed by atoms with Crippen molar-refractivity contribution in [3.05, 3.63) is 49.6 Å². The molecule has 0 aliphatic carbocycles. The van der Waals surface area contributed by atoms with Gasteiger partial charge in [-0.05, 0) is 33.6 Å². The number of nitrogens with zero attached hydrogens (tertiary/aromatic N) is 1. The first-order valence-corrected chi connectivity index (χ1v) is 9.47. The van der Waals surface area contributed by atoms with Gasteiger partial charge >= 0.3 is 0 Å². The molecule has 4 nitrogen and oxygen atoms in total. The van der Waals surface area contributed by atoms with Gasteiger partial charge in [-0.25, -0.2) is 8.42 Å². The zero-order valence-corrected chi connectivity index (χ0v) is 15.2. The van der Waals surface area contributed by atoms with Gasteiger partial charge in [-0.1, -0.05) is 29.8 Å². The zero-order valence-electron chi connectivity index (χ0n) is 11.2. The minimum Gasteiger partial charge on any atom is -0.326 e. The molecule has 0 aliphatic rings. The SMILES string of the molecule is CN(Cc1ccccc1Cl)S(=O)(=O)c1cc(CN)sc1Br. The Hall–Kier alpha value is -0.440. The van der Waals surface area contributed by atoms with Gasteiger partial charge in [0.1, 0.15) is 4.90 Å². The summed E-state index contributed by atoms with van der Waals surface area (Å²) in [6, 6.07) is 8.79. The van der Waals surface area contributed by atoms with E-state index in [0.717, 1.165) is 10.4 Å². The number of hydrogen-bond donors (Lipinski definition) is 1. The van der Waals surface area contributed by atoms with Gasteiger partial charge in [0, 0.05) is 30.0 Å². The zero-order chi connectivity index (χ0) is 15.6. The maximum Gasteiger partial charge on any atom is 0.245 e. The van der Waals surface area contributed by atoms with Gasteiger partial charge in [0.25, 0.3) is 0 Å². The third-order valence-corrected chi connectivity index (χ3v) is 7.39. The van der Waals surface area contributed by atoms with E-state index in [-0.39, 0.29) is 11.4 Å². The smallest absolute Gasteiger partial charge is 0.245 e. The van der Waals surface area contributed by atoms with Crippen LogP contribution in [-0.4, -0.2) is 19.8 Å². The van der Waals surface area contributed by atoms with Crippen LogP contribution in [0.3, 0.4) is 0 Å². The van der Waals surface area contributed by atoms with Crippen molar-refractivity contribution in [2.45, 2.75) is 18.0 Å².